The van der Waals surface area contributed by atoms with Crippen molar-refractivity contribution in [1.82, 2.24) is 0 Å². The number of hydrogen-bond donors (Lipinski definition) is 0. The molecule has 0 aromatic heterocycles. The predicted octanol–water partition coefficient (Wildman–Crippen LogP) is 2.62. The van der Waals surface area contributed by atoms with E-state index in [2.05, 4.69) is 33.8 Å². The first-order chi connectivity index (χ1) is 8.69. The molecule has 0 saturated heterocycles. The van der Waals surface area contributed by atoms with Crippen molar-refractivity contribution >= 4 is 22.8 Å². The summed E-state index contributed by atoms with van der Waals surface area (Å²) in [7, 11) is 0. The van der Waals surface area contributed by atoms with E-state index in [0.717, 1.165) is 61.9 Å². The molecule has 4 nitrogen and oxygen atoms in total. The molecule has 0 spiro atoms. The standard InChI is InChI=1S/C14H24N4/c1-5-13-11(3)15-8-10-18-14(6-2)12(4)16-7-9-17-13/h5-10H2,1-4H3. The molecule has 1 aliphatic rings. The van der Waals surface area contributed by atoms with Crippen molar-refractivity contribution in [3.05, 3.63) is 0 Å². The van der Waals surface area contributed by atoms with Gasteiger partial charge in [0.2, 0.25) is 0 Å². The predicted molar refractivity (Wildman–Crippen MR) is 81.1 cm³/mol. The van der Waals surface area contributed by atoms with Crippen molar-refractivity contribution < 1.29 is 0 Å². The molecule has 100 valence electrons. The van der Waals surface area contributed by atoms with Crippen LogP contribution >= 0.6 is 0 Å². The van der Waals surface area contributed by atoms with Gasteiger partial charge in [0.15, 0.2) is 0 Å². The molecule has 4 heteroatoms. The van der Waals surface area contributed by atoms with Crippen LogP contribution in [-0.4, -0.2) is 49.0 Å². The van der Waals surface area contributed by atoms with Gasteiger partial charge in [0.1, 0.15) is 0 Å². The third-order valence-corrected chi connectivity index (χ3v) is 3.01. The van der Waals surface area contributed by atoms with Gasteiger partial charge in [-0.1, -0.05) is 13.8 Å². The Morgan fingerprint density at radius 1 is 0.667 bits per heavy atom. The van der Waals surface area contributed by atoms with Crippen LogP contribution in [0.15, 0.2) is 20.0 Å². The first-order valence-corrected chi connectivity index (χ1v) is 6.78. The topological polar surface area (TPSA) is 49.4 Å². The van der Waals surface area contributed by atoms with Gasteiger partial charge >= 0.3 is 0 Å². The molecular formula is C14H24N4. The highest BCUT2D eigenvalue weighted by atomic mass is 14.9. The highest BCUT2D eigenvalue weighted by Crippen LogP contribution is 1.97. The zero-order valence-corrected chi connectivity index (χ0v) is 12.0. The maximum absolute atomic E-state index is 4.58. The lowest BCUT2D eigenvalue weighted by atomic mass is 10.2. The Kier molecular flexibility index (Phi) is 6.47. The SMILES string of the molecule is CCC1=NCCN=C(C)C(CC)=NCCN=C1C. The molecule has 1 aliphatic heterocycles. The third kappa shape index (κ3) is 4.51. The molecule has 0 atom stereocenters. The number of rotatable bonds is 2. The van der Waals surface area contributed by atoms with Crippen LogP contribution in [0.3, 0.4) is 0 Å². The highest BCUT2D eigenvalue weighted by Gasteiger charge is 2.03. The van der Waals surface area contributed by atoms with Crippen LogP contribution in [0.25, 0.3) is 0 Å². The van der Waals surface area contributed by atoms with Gasteiger partial charge in [0, 0.05) is 0 Å². The van der Waals surface area contributed by atoms with Crippen molar-refractivity contribution in [2.45, 2.75) is 40.5 Å². The fourth-order valence-corrected chi connectivity index (χ4v) is 1.95. The molecule has 0 aromatic rings. The van der Waals surface area contributed by atoms with Crippen molar-refractivity contribution in [2.75, 3.05) is 26.2 Å². The molecule has 0 bridgehead atoms. The van der Waals surface area contributed by atoms with Crippen LogP contribution in [0.2, 0.25) is 0 Å². The first kappa shape index (κ1) is 14.7. The fourth-order valence-electron chi connectivity index (χ4n) is 1.95. The van der Waals surface area contributed by atoms with E-state index in [9.17, 15) is 0 Å². The lowest BCUT2D eigenvalue weighted by Gasteiger charge is -2.07. The van der Waals surface area contributed by atoms with Crippen LogP contribution < -0.4 is 0 Å². The second-order valence-corrected chi connectivity index (χ2v) is 4.30. The van der Waals surface area contributed by atoms with Gasteiger partial charge in [0.05, 0.1) is 49.0 Å². The summed E-state index contributed by atoms with van der Waals surface area (Å²) in [6.45, 7) is 11.3. The van der Waals surface area contributed by atoms with E-state index < -0.39 is 0 Å². The smallest absolute Gasteiger partial charge is 0.0589 e. The van der Waals surface area contributed by atoms with Gasteiger partial charge in [-0.15, -0.1) is 0 Å². The summed E-state index contributed by atoms with van der Waals surface area (Å²) < 4.78 is 0. The van der Waals surface area contributed by atoms with Crippen molar-refractivity contribution in [3.63, 3.8) is 0 Å². The van der Waals surface area contributed by atoms with E-state index in [1.165, 1.54) is 0 Å². The van der Waals surface area contributed by atoms with Crippen molar-refractivity contribution in [2.24, 2.45) is 20.0 Å². The summed E-state index contributed by atoms with van der Waals surface area (Å²) in [5.41, 5.74) is 4.30. The highest BCUT2D eigenvalue weighted by molar-refractivity contribution is 6.42. The molecule has 0 N–H and O–H groups in total. The Morgan fingerprint density at radius 3 is 1.33 bits per heavy atom. The molecule has 0 unspecified atom stereocenters. The third-order valence-electron chi connectivity index (χ3n) is 3.01. The quantitative estimate of drug-likeness (QED) is 0.721. The van der Waals surface area contributed by atoms with Gasteiger partial charge in [0.25, 0.3) is 0 Å². The largest absolute Gasteiger partial charge is 0.286 e. The Labute approximate surface area is 110 Å². The second kappa shape index (κ2) is 7.90. The minimum Gasteiger partial charge on any atom is -0.286 e. The van der Waals surface area contributed by atoms with Gasteiger partial charge in [-0.3, -0.25) is 20.0 Å². The summed E-state index contributed by atoms with van der Waals surface area (Å²) in [6, 6.07) is 0. The van der Waals surface area contributed by atoms with Crippen LogP contribution in [0.5, 0.6) is 0 Å². The van der Waals surface area contributed by atoms with Crippen molar-refractivity contribution in [3.8, 4) is 0 Å². The molecule has 1 heterocycles. The Balaban J connectivity index is 2.88. The number of hydrogen-bond acceptors (Lipinski definition) is 4. The van der Waals surface area contributed by atoms with E-state index in [1.807, 2.05) is 13.8 Å². The van der Waals surface area contributed by atoms with E-state index in [-0.39, 0.29) is 0 Å². The summed E-state index contributed by atoms with van der Waals surface area (Å²) in [5, 5.41) is 0. The fraction of sp³-hybridized carbons (Fsp3) is 0.714. The van der Waals surface area contributed by atoms with Crippen LogP contribution in [0.1, 0.15) is 40.5 Å². The normalized spacial score (nSPS) is 18.9. The van der Waals surface area contributed by atoms with Gasteiger partial charge in [-0.2, -0.15) is 0 Å². The lowest BCUT2D eigenvalue weighted by Crippen LogP contribution is -2.15. The average Bonchev–Trinajstić information content (AvgIpc) is 2.37. The Morgan fingerprint density at radius 2 is 1.00 bits per heavy atom. The summed E-state index contributed by atoms with van der Waals surface area (Å²) in [6.07, 6.45) is 1.86. The zero-order chi connectivity index (χ0) is 13.4. The second-order valence-electron chi connectivity index (χ2n) is 4.30. The monoisotopic (exact) mass is 248 g/mol. The number of nitrogens with zero attached hydrogens (tertiary/aromatic N) is 4. The Hall–Kier alpha value is -1.32. The van der Waals surface area contributed by atoms with Crippen LogP contribution in [-0.2, 0) is 0 Å². The zero-order valence-electron chi connectivity index (χ0n) is 12.0. The molecular weight excluding hydrogens is 224 g/mol. The molecule has 0 aromatic carbocycles. The van der Waals surface area contributed by atoms with Crippen molar-refractivity contribution in [1.29, 1.82) is 0 Å². The van der Waals surface area contributed by atoms with Crippen LogP contribution in [0, 0.1) is 0 Å². The Bertz CT molecular complexity index is 351. The lowest BCUT2D eigenvalue weighted by molar-refractivity contribution is 0.952. The van der Waals surface area contributed by atoms with E-state index in [4.69, 9.17) is 0 Å². The minimum atomic E-state index is 0.738. The molecule has 0 fully saturated rings. The van der Waals surface area contributed by atoms with Crippen LogP contribution in [0.4, 0.5) is 0 Å². The summed E-state index contributed by atoms with van der Waals surface area (Å²) in [5.74, 6) is 0. The van der Waals surface area contributed by atoms with Gasteiger partial charge in [-0.05, 0) is 26.7 Å². The van der Waals surface area contributed by atoms with E-state index in [1.54, 1.807) is 0 Å². The molecule has 18 heavy (non-hydrogen) atoms. The molecule has 1 rings (SSSR count). The molecule has 0 amide bonds. The number of aliphatic imine (C=N–C) groups is 4. The maximum Gasteiger partial charge on any atom is 0.0589 e. The van der Waals surface area contributed by atoms with Gasteiger partial charge < -0.3 is 0 Å². The summed E-state index contributed by atoms with van der Waals surface area (Å²) in [4.78, 5) is 18.2. The van der Waals surface area contributed by atoms with Gasteiger partial charge in [-0.25, -0.2) is 0 Å². The molecule has 0 saturated carbocycles. The molecule has 0 radical (unpaired) electrons. The minimum absolute atomic E-state index is 0.738. The first-order valence-electron chi connectivity index (χ1n) is 6.78. The van der Waals surface area contributed by atoms with E-state index >= 15 is 0 Å². The average molecular weight is 248 g/mol. The van der Waals surface area contributed by atoms with E-state index in [0.29, 0.717) is 0 Å². The maximum atomic E-state index is 4.58. The molecule has 0 aliphatic carbocycles. The summed E-state index contributed by atoms with van der Waals surface area (Å²) >= 11 is 0.